The number of methoxy groups -OCH3 is 18. The molecular formula is C51H132N2O18. The zero-order valence-electron chi connectivity index (χ0n) is 53.3. The molecule has 0 unspecified atom stereocenters. The van der Waals surface area contributed by atoms with Gasteiger partial charge in [0.25, 0.3) is 0 Å². The van der Waals surface area contributed by atoms with E-state index in [1.807, 2.05) is 90.5 Å². The Balaban J connectivity index is -0.0000000413. The van der Waals surface area contributed by atoms with Crippen molar-refractivity contribution in [1.29, 1.82) is 0 Å². The summed E-state index contributed by atoms with van der Waals surface area (Å²) < 4.78 is 83.4. The summed E-state index contributed by atoms with van der Waals surface area (Å²) in [6.07, 6.45) is 0.384. The average Bonchev–Trinajstić information content (AvgIpc) is 3.40. The van der Waals surface area contributed by atoms with E-state index in [1.165, 1.54) is 0 Å². The molecule has 0 heterocycles. The lowest BCUT2D eigenvalue weighted by molar-refractivity contribution is 0.103. The standard InChI is InChI=1S/2C5H13NO.4C4H10O2.C4H10O.7C3H8O/c2*1-6(2)4-5-7-3;4*1-5-3-4-6-2;1-4(2)5-3;7*1-3-4-2/h2*4-5H2,1-3H3;4*3-4H2,1-2H3;4H,1-3H3;7*3H2,1-2H3. The Kier molecular flexibility index (Phi) is 236. The van der Waals surface area contributed by atoms with Gasteiger partial charge in [-0.15, -0.1) is 0 Å². The van der Waals surface area contributed by atoms with Crippen molar-refractivity contribution in [3.8, 4) is 0 Å². The number of likely N-dealkylation sites (N-methyl/N-ethyl adjacent to an activating group) is 2. The smallest absolute Gasteiger partial charge is 0.0696 e. The first-order valence-electron chi connectivity index (χ1n) is 24.0. The third-order valence-electron chi connectivity index (χ3n) is 5.94. The number of rotatable bonds is 26. The molecule has 0 aliphatic rings. The van der Waals surface area contributed by atoms with Gasteiger partial charge in [-0.2, -0.15) is 0 Å². The van der Waals surface area contributed by atoms with Gasteiger partial charge in [0.1, 0.15) is 0 Å². The third kappa shape index (κ3) is 393. The molecule has 0 N–H and O–H groups in total. The molecule has 0 atom stereocenters. The molecule has 0 aromatic heterocycles. The van der Waals surface area contributed by atoms with E-state index >= 15 is 0 Å². The van der Waals surface area contributed by atoms with Gasteiger partial charge in [0, 0.05) is 187 Å². The van der Waals surface area contributed by atoms with Gasteiger partial charge in [0.15, 0.2) is 0 Å². The molecular weight excluding hydrogens is 929 g/mol. The van der Waals surface area contributed by atoms with Crippen LogP contribution in [0, 0.1) is 0 Å². The molecule has 0 saturated heterocycles. The Labute approximate surface area is 444 Å². The highest BCUT2D eigenvalue weighted by molar-refractivity contribution is 4.37. The summed E-state index contributed by atoms with van der Waals surface area (Å²) in [7, 11) is 38.2. The molecule has 0 aliphatic heterocycles. The van der Waals surface area contributed by atoms with Crippen LogP contribution in [0.5, 0.6) is 0 Å². The highest BCUT2D eigenvalue weighted by Crippen LogP contribution is 1.78. The van der Waals surface area contributed by atoms with Crippen LogP contribution >= 0.6 is 0 Å². The van der Waals surface area contributed by atoms with E-state index in [-0.39, 0.29) is 0 Å². The molecule has 0 radical (unpaired) electrons. The summed E-state index contributed by atoms with van der Waals surface area (Å²) in [5, 5.41) is 0. The van der Waals surface area contributed by atoms with Gasteiger partial charge in [-0.1, -0.05) is 0 Å². The van der Waals surface area contributed by atoms with Gasteiger partial charge >= 0.3 is 0 Å². The van der Waals surface area contributed by atoms with Crippen LogP contribution in [-0.2, 0) is 85.3 Å². The molecule has 0 aliphatic carbocycles. The Morgan fingerprint density at radius 2 is 0.324 bits per heavy atom. The second-order valence-electron chi connectivity index (χ2n) is 12.9. The predicted octanol–water partition coefficient (Wildman–Crippen LogP) is 7.12. The van der Waals surface area contributed by atoms with Crippen molar-refractivity contribution in [2.45, 2.75) is 68.4 Å². The molecule has 0 fully saturated rings. The molecule has 71 heavy (non-hydrogen) atoms. The largest absolute Gasteiger partial charge is 0.385 e. The van der Waals surface area contributed by atoms with Crippen molar-refractivity contribution in [2.24, 2.45) is 0 Å². The van der Waals surface area contributed by atoms with Crippen molar-refractivity contribution in [1.82, 2.24) is 9.80 Å². The van der Waals surface area contributed by atoms with Crippen LogP contribution in [0.4, 0.5) is 0 Å². The fourth-order valence-corrected chi connectivity index (χ4v) is 1.21. The Morgan fingerprint density at radius 3 is 0.352 bits per heavy atom. The SMILES string of the molecule is CCOC.CCOC.CCOC.CCOC.CCOC.CCOC.CCOC.COC(C)C.COCCN(C)C.COCCN(C)C.COCCOC.COCCOC.COCCOC.COCCOC. The lowest BCUT2D eigenvalue weighted by Gasteiger charge is -2.06. The lowest BCUT2D eigenvalue weighted by Crippen LogP contribution is -2.16. The molecule has 0 aromatic rings. The maximum Gasteiger partial charge on any atom is 0.0696 e. The van der Waals surface area contributed by atoms with Crippen molar-refractivity contribution < 1.29 is 85.3 Å². The van der Waals surface area contributed by atoms with E-state index in [2.05, 4.69) is 80.9 Å². The zero-order chi connectivity index (χ0) is 58.9. The summed E-state index contributed by atoms with van der Waals surface area (Å²) in [6, 6.07) is 0. The summed E-state index contributed by atoms with van der Waals surface area (Å²) >= 11 is 0. The first kappa shape index (κ1) is 106. The summed E-state index contributed by atoms with van der Waals surface area (Å²) in [5.41, 5.74) is 0. The fraction of sp³-hybridized carbons (Fsp3) is 1.00. The van der Waals surface area contributed by atoms with Crippen LogP contribution in [0.1, 0.15) is 62.3 Å². The second kappa shape index (κ2) is 158. The molecule has 20 nitrogen and oxygen atoms in total. The van der Waals surface area contributed by atoms with Crippen LogP contribution in [0.15, 0.2) is 0 Å². The van der Waals surface area contributed by atoms with Gasteiger partial charge in [-0.05, 0) is 90.5 Å². The number of hydrogen-bond donors (Lipinski definition) is 0. The summed E-state index contributed by atoms with van der Waals surface area (Å²) in [6.45, 7) is 32.6. The molecule has 20 heteroatoms. The van der Waals surface area contributed by atoms with Gasteiger partial charge < -0.3 is 95.1 Å². The van der Waals surface area contributed by atoms with E-state index in [4.69, 9.17) is 14.2 Å². The fourth-order valence-electron chi connectivity index (χ4n) is 1.21. The molecule has 0 rings (SSSR count). The topological polar surface area (TPSA) is 173 Å². The van der Waals surface area contributed by atoms with Gasteiger partial charge in [0.2, 0.25) is 0 Å². The molecule has 0 amide bonds. The van der Waals surface area contributed by atoms with Crippen LogP contribution in [0.25, 0.3) is 0 Å². The van der Waals surface area contributed by atoms with Crippen LogP contribution in [0.3, 0.4) is 0 Å². The molecule has 0 bridgehead atoms. The highest BCUT2D eigenvalue weighted by Gasteiger charge is 1.84. The van der Waals surface area contributed by atoms with Crippen molar-refractivity contribution >= 4 is 0 Å². The molecule has 0 aromatic carbocycles. The van der Waals surface area contributed by atoms with E-state index < -0.39 is 0 Å². The van der Waals surface area contributed by atoms with E-state index in [9.17, 15) is 0 Å². The minimum absolute atomic E-state index is 0.384. The molecule has 454 valence electrons. The number of ether oxygens (including phenoxy) is 18. The van der Waals surface area contributed by atoms with Crippen molar-refractivity contribution in [3.63, 3.8) is 0 Å². The zero-order valence-corrected chi connectivity index (χ0v) is 53.3. The van der Waals surface area contributed by atoms with Crippen LogP contribution in [-0.4, -0.2) is 297 Å². The van der Waals surface area contributed by atoms with E-state index in [1.54, 1.807) is 128 Å². The van der Waals surface area contributed by atoms with Gasteiger partial charge in [0.05, 0.1) is 72.2 Å². The summed E-state index contributed by atoms with van der Waals surface area (Å²) in [5.74, 6) is 0. The average molecular weight is 1060 g/mol. The third-order valence-corrected chi connectivity index (χ3v) is 5.94. The van der Waals surface area contributed by atoms with Crippen LogP contribution < -0.4 is 0 Å². The van der Waals surface area contributed by atoms with E-state index in [0.717, 1.165) is 72.6 Å². The van der Waals surface area contributed by atoms with Gasteiger partial charge in [-0.3, -0.25) is 0 Å². The van der Waals surface area contributed by atoms with Crippen molar-refractivity contribution in [2.75, 3.05) is 282 Å². The number of hydrogen-bond acceptors (Lipinski definition) is 20. The Bertz CT molecular complexity index is 459. The van der Waals surface area contributed by atoms with Crippen LogP contribution in [0.2, 0.25) is 0 Å². The minimum atomic E-state index is 0.384. The molecule has 0 spiro atoms. The second-order valence-corrected chi connectivity index (χ2v) is 12.9. The summed E-state index contributed by atoms with van der Waals surface area (Å²) in [4.78, 5) is 4.17. The Morgan fingerprint density at radius 1 is 0.225 bits per heavy atom. The lowest BCUT2D eigenvalue weighted by atomic mass is 10.5. The molecule has 0 saturated carbocycles. The monoisotopic (exact) mass is 1060 g/mol. The maximum absolute atomic E-state index is 4.81. The normalized spacial score (nSPS) is 8.70. The van der Waals surface area contributed by atoms with E-state index in [0.29, 0.717) is 59.0 Å². The number of nitrogens with zero attached hydrogens (tertiary/aromatic N) is 2. The highest BCUT2D eigenvalue weighted by atomic mass is 16.5. The quantitative estimate of drug-likeness (QED) is 0.0801. The minimum Gasteiger partial charge on any atom is -0.385 e. The van der Waals surface area contributed by atoms with Crippen molar-refractivity contribution in [3.05, 3.63) is 0 Å². The maximum atomic E-state index is 4.81. The first-order valence-corrected chi connectivity index (χ1v) is 24.0. The predicted molar refractivity (Wildman–Crippen MR) is 301 cm³/mol. The van der Waals surface area contributed by atoms with Gasteiger partial charge in [-0.25, -0.2) is 0 Å². The Hall–Kier alpha value is -0.800. The first-order chi connectivity index (χ1) is 33.9.